The summed E-state index contributed by atoms with van der Waals surface area (Å²) >= 11 is 0. The summed E-state index contributed by atoms with van der Waals surface area (Å²) in [5.41, 5.74) is 0. The van der Waals surface area contributed by atoms with Gasteiger partial charge in [-0.15, -0.1) is 0 Å². The maximum absolute atomic E-state index is 12.0. The average molecular weight is 253 g/mol. The summed E-state index contributed by atoms with van der Waals surface area (Å²) in [5, 5.41) is 6.56. The SMILES string of the molecule is O=C(CN1C[C@H]2CNC[C@H]2C1)NC1CCOCC1. The van der Waals surface area contributed by atoms with E-state index in [-0.39, 0.29) is 5.91 Å². The Bertz CT molecular complexity index is 293. The second kappa shape index (κ2) is 5.55. The van der Waals surface area contributed by atoms with Gasteiger partial charge in [0.2, 0.25) is 5.91 Å². The fourth-order valence-electron chi connectivity index (χ4n) is 3.40. The maximum atomic E-state index is 12.0. The Labute approximate surface area is 108 Å². The monoisotopic (exact) mass is 253 g/mol. The number of hydrogen-bond acceptors (Lipinski definition) is 4. The van der Waals surface area contributed by atoms with Gasteiger partial charge in [-0.05, 0) is 37.8 Å². The van der Waals surface area contributed by atoms with E-state index in [4.69, 9.17) is 4.74 Å². The van der Waals surface area contributed by atoms with Gasteiger partial charge in [-0.2, -0.15) is 0 Å². The van der Waals surface area contributed by atoms with Gasteiger partial charge in [0, 0.05) is 32.3 Å². The predicted octanol–water partition coefficient (Wildman–Crippen LogP) is -0.567. The minimum Gasteiger partial charge on any atom is -0.381 e. The van der Waals surface area contributed by atoms with Crippen LogP contribution < -0.4 is 10.6 Å². The number of nitrogens with zero attached hydrogens (tertiary/aromatic N) is 1. The average Bonchev–Trinajstić information content (AvgIpc) is 2.90. The maximum Gasteiger partial charge on any atom is 0.234 e. The van der Waals surface area contributed by atoms with Crippen LogP contribution in [0.2, 0.25) is 0 Å². The fourth-order valence-corrected chi connectivity index (χ4v) is 3.40. The molecule has 0 saturated carbocycles. The van der Waals surface area contributed by atoms with Crippen LogP contribution in [0.4, 0.5) is 0 Å². The molecule has 3 aliphatic rings. The molecule has 0 radical (unpaired) electrons. The van der Waals surface area contributed by atoms with Crippen LogP contribution in [0.5, 0.6) is 0 Å². The molecule has 5 nitrogen and oxygen atoms in total. The van der Waals surface area contributed by atoms with E-state index in [9.17, 15) is 4.79 Å². The third kappa shape index (κ3) is 2.84. The largest absolute Gasteiger partial charge is 0.381 e. The highest BCUT2D eigenvalue weighted by Gasteiger charge is 2.36. The van der Waals surface area contributed by atoms with Crippen LogP contribution >= 0.6 is 0 Å². The first-order chi connectivity index (χ1) is 8.81. The van der Waals surface area contributed by atoms with E-state index in [2.05, 4.69) is 15.5 Å². The summed E-state index contributed by atoms with van der Waals surface area (Å²) in [4.78, 5) is 14.3. The highest BCUT2D eigenvalue weighted by atomic mass is 16.5. The Hall–Kier alpha value is -0.650. The first-order valence-corrected chi connectivity index (χ1v) is 7.11. The van der Waals surface area contributed by atoms with Crippen molar-refractivity contribution in [3.05, 3.63) is 0 Å². The lowest BCUT2D eigenvalue weighted by atomic mass is 10.0. The van der Waals surface area contributed by atoms with Crippen molar-refractivity contribution in [3.63, 3.8) is 0 Å². The van der Waals surface area contributed by atoms with Crippen molar-refractivity contribution in [2.75, 3.05) is 45.9 Å². The number of carbonyl (C=O) groups excluding carboxylic acids is 1. The molecule has 3 saturated heterocycles. The molecule has 102 valence electrons. The van der Waals surface area contributed by atoms with Crippen LogP contribution in [0.25, 0.3) is 0 Å². The van der Waals surface area contributed by atoms with Gasteiger partial charge in [-0.3, -0.25) is 9.69 Å². The molecule has 2 N–H and O–H groups in total. The Morgan fingerprint density at radius 2 is 1.89 bits per heavy atom. The van der Waals surface area contributed by atoms with E-state index in [1.807, 2.05) is 0 Å². The number of likely N-dealkylation sites (tertiary alicyclic amines) is 1. The van der Waals surface area contributed by atoms with Crippen molar-refractivity contribution in [1.29, 1.82) is 0 Å². The highest BCUT2D eigenvalue weighted by molar-refractivity contribution is 5.78. The Balaban J connectivity index is 1.41. The first kappa shape index (κ1) is 12.4. The molecule has 3 aliphatic heterocycles. The number of amides is 1. The highest BCUT2D eigenvalue weighted by Crippen LogP contribution is 2.25. The standard InChI is InChI=1S/C13H23N3O2/c17-13(15-12-1-3-18-4-2-12)9-16-7-10-5-14-6-11(10)8-16/h10-12,14H,1-9H2,(H,15,17)/t10-,11+. The van der Waals surface area contributed by atoms with Crippen LogP contribution in [-0.2, 0) is 9.53 Å². The van der Waals surface area contributed by atoms with Crippen molar-refractivity contribution >= 4 is 5.91 Å². The third-order valence-electron chi connectivity index (χ3n) is 4.42. The number of nitrogens with one attached hydrogen (secondary N) is 2. The van der Waals surface area contributed by atoms with Crippen LogP contribution in [-0.4, -0.2) is 62.8 Å². The van der Waals surface area contributed by atoms with Gasteiger partial charge in [-0.25, -0.2) is 0 Å². The zero-order valence-electron chi connectivity index (χ0n) is 10.9. The molecule has 2 atom stereocenters. The topological polar surface area (TPSA) is 53.6 Å². The number of rotatable bonds is 3. The minimum atomic E-state index is 0.190. The zero-order chi connectivity index (χ0) is 12.4. The molecular formula is C13H23N3O2. The second-order valence-corrected chi connectivity index (χ2v) is 5.83. The van der Waals surface area contributed by atoms with Gasteiger partial charge in [-0.1, -0.05) is 0 Å². The van der Waals surface area contributed by atoms with Gasteiger partial charge >= 0.3 is 0 Å². The Kier molecular flexibility index (Phi) is 3.82. The lowest BCUT2D eigenvalue weighted by Gasteiger charge is -2.24. The molecule has 0 aromatic rings. The minimum absolute atomic E-state index is 0.190. The molecule has 1 amide bonds. The van der Waals surface area contributed by atoms with E-state index in [0.29, 0.717) is 12.6 Å². The van der Waals surface area contributed by atoms with Crippen molar-refractivity contribution < 1.29 is 9.53 Å². The van der Waals surface area contributed by atoms with Crippen molar-refractivity contribution in [3.8, 4) is 0 Å². The van der Waals surface area contributed by atoms with Crippen molar-refractivity contribution in [2.45, 2.75) is 18.9 Å². The van der Waals surface area contributed by atoms with Gasteiger partial charge in [0.25, 0.3) is 0 Å². The summed E-state index contributed by atoms with van der Waals surface area (Å²) in [6.45, 7) is 6.56. The van der Waals surface area contributed by atoms with Gasteiger partial charge in [0.15, 0.2) is 0 Å². The van der Waals surface area contributed by atoms with Crippen molar-refractivity contribution in [1.82, 2.24) is 15.5 Å². The first-order valence-electron chi connectivity index (χ1n) is 7.11. The van der Waals surface area contributed by atoms with E-state index in [0.717, 1.165) is 64.1 Å². The summed E-state index contributed by atoms with van der Waals surface area (Å²) in [7, 11) is 0. The predicted molar refractivity (Wildman–Crippen MR) is 68.3 cm³/mol. The molecule has 3 heterocycles. The Morgan fingerprint density at radius 1 is 1.22 bits per heavy atom. The summed E-state index contributed by atoms with van der Waals surface area (Å²) in [5.74, 6) is 1.72. The number of fused-ring (bicyclic) bond motifs is 1. The molecule has 0 aromatic heterocycles. The lowest BCUT2D eigenvalue weighted by Crippen LogP contribution is -2.44. The van der Waals surface area contributed by atoms with Crippen LogP contribution in [0.1, 0.15) is 12.8 Å². The molecule has 0 unspecified atom stereocenters. The third-order valence-corrected chi connectivity index (χ3v) is 4.42. The summed E-state index contributed by atoms with van der Waals surface area (Å²) < 4.78 is 5.30. The summed E-state index contributed by atoms with van der Waals surface area (Å²) in [6.07, 6.45) is 1.92. The Morgan fingerprint density at radius 3 is 2.56 bits per heavy atom. The number of carbonyl (C=O) groups is 1. The molecule has 0 aromatic carbocycles. The van der Waals surface area contributed by atoms with Gasteiger partial charge in [0.1, 0.15) is 0 Å². The number of ether oxygens (including phenoxy) is 1. The molecule has 0 bridgehead atoms. The number of hydrogen-bond donors (Lipinski definition) is 2. The molecule has 0 spiro atoms. The van der Waals surface area contributed by atoms with Crippen molar-refractivity contribution in [2.24, 2.45) is 11.8 Å². The van der Waals surface area contributed by atoms with E-state index in [1.54, 1.807) is 0 Å². The fraction of sp³-hybridized carbons (Fsp3) is 0.923. The normalized spacial score (nSPS) is 33.6. The van der Waals surface area contributed by atoms with Gasteiger partial charge in [0.05, 0.1) is 6.54 Å². The molecule has 18 heavy (non-hydrogen) atoms. The molecule has 3 fully saturated rings. The van der Waals surface area contributed by atoms with E-state index < -0.39 is 0 Å². The molecule has 3 rings (SSSR count). The van der Waals surface area contributed by atoms with E-state index >= 15 is 0 Å². The zero-order valence-corrected chi connectivity index (χ0v) is 10.9. The molecule has 0 aliphatic carbocycles. The smallest absolute Gasteiger partial charge is 0.234 e. The molecule has 5 heteroatoms. The molecular weight excluding hydrogens is 230 g/mol. The van der Waals surface area contributed by atoms with E-state index in [1.165, 1.54) is 0 Å². The van der Waals surface area contributed by atoms with Crippen LogP contribution in [0, 0.1) is 11.8 Å². The van der Waals surface area contributed by atoms with Gasteiger partial charge < -0.3 is 15.4 Å². The summed E-state index contributed by atoms with van der Waals surface area (Å²) in [6, 6.07) is 0.329. The quantitative estimate of drug-likeness (QED) is 0.707. The second-order valence-electron chi connectivity index (χ2n) is 5.83. The van der Waals surface area contributed by atoms with Crippen LogP contribution in [0.15, 0.2) is 0 Å². The lowest BCUT2D eigenvalue weighted by molar-refractivity contribution is -0.123. The van der Waals surface area contributed by atoms with Crippen LogP contribution in [0.3, 0.4) is 0 Å².